The molecule has 0 amide bonds. The van der Waals surface area contributed by atoms with Crippen LogP contribution in [0.4, 0.5) is 0 Å². The van der Waals surface area contributed by atoms with Gasteiger partial charge in [-0.15, -0.1) is 0 Å². The van der Waals surface area contributed by atoms with Crippen LogP contribution in [-0.2, 0) is 4.79 Å². The summed E-state index contributed by atoms with van der Waals surface area (Å²) in [6, 6.07) is 7.96. The van der Waals surface area contributed by atoms with Crippen molar-refractivity contribution < 1.29 is 9.53 Å². The number of benzene rings is 1. The number of Topliss-reactive ketones (excluding diaryl/α,β-unsaturated/α-hetero) is 1. The van der Waals surface area contributed by atoms with Crippen molar-refractivity contribution in [2.24, 2.45) is 0 Å². The van der Waals surface area contributed by atoms with Gasteiger partial charge >= 0.3 is 0 Å². The molecule has 0 aromatic heterocycles. The van der Waals surface area contributed by atoms with Crippen molar-refractivity contribution in [3.05, 3.63) is 35.9 Å². The van der Waals surface area contributed by atoms with Gasteiger partial charge in [0.25, 0.3) is 0 Å². The van der Waals surface area contributed by atoms with E-state index in [4.69, 9.17) is 4.74 Å². The Bertz CT molecular complexity index is 402. The second-order valence-electron chi connectivity index (χ2n) is 4.42. The van der Waals surface area contributed by atoms with Crippen LogP contribution in [-0.4, -0.2) is 12.4 Å². The van der Waals surface area contributed by atoms with E-state index in [9.17, 15) is 4.79 Å². The summed E-state index contributed by atoms with van der Waals surface area (Å²) >= 11 is 0. The summed E-state index contributed by atoms with van der Waals surface area (Å²) in [5.41, 5.74) is 2.16. The number of ether oxygens (including phenoxy) is 1. The number of carbonyl (C=O) groups is 1. The van der Waals surface area contributed by atoms with Crippen molar-refractivity contribution in [1.29, 1.82) is 0 Å². The molecule has 0 saturated heterocycles. The van der Waals surface area contributed by atoms with E-state index < -0.39 is 0 Å². The number of carbonyl (C=O) groups excluding carboxylic acids is 1. The Kier molecular flexibility index (Phi) is 6.20. The van der Waals surface area contributed by atoms with Gasteiger partial charge in [-0.3, -0.25) is 4.79 Å². The lowest BCUT2D eigenvalue weighted by Gasteiger charge is -2.08. The van der Waals surface area contributed by atoms with E-state index in [-0.39, 0.29) is 5.78 Å². The molecule has 0 spiro atoms. The lowest BCUT2D eigenvalue weighted by molar-refractivity contribution is -0.116. The molecule has 1 aromatic carbocycles. The fourth-order valence-corrected chi connectivity index (χ4v) is 1.74. The number of hydrogen-bond donors (Lipinski definition) is 0. The first-order valence-electron chi connectivity index (χ1n) is 6.55. The third-order valence-corrected chi connectivity index (χ3v) is 2.78. The van der Waals surface area contributed by atoms with E-state index in [0.29, 0.717) is 6.42 Å². The molecule has 0 unspecified atom stereocenters. The molecule has 0 N–H and O–H groups in total. The van der Waals surface area contributed by atoms with Gasteiger partial charge < -0.3 is 4.74 Å². The predicted octanol–water partition coefficient (Wildman–Crippen LogP) is 4.25. The van der Waals surface area contributed by atoms with Crippen molar-refractivity contribution in [3.63, 3.8) is 0 Å². The molecule has 0 aliphatic carbocycles. The Morgan fingerprint density at radius 1 is 1.28 bits per heavy atom. The third-order valence-electron chi connectivity index (χ3n) is 2.78. The zero-order valence-electron chi connectivity index (χ0n) is 11.5. The molecule has 0 fully saturated rings. The van der Waals surface area contributed by atoms with E-state index >= 15 is 0 Å². The van der Waals surface area contributed by atoms with Crippen LogP contribution in [0.25, 0.3) is 5.57 Å². The van der Waals surface area contributed by atoms with Crippen LogP contribution in [0.5, 0.6) is 5.75 Å². The third kappa shape index (κ3) is 4.74. The van der Waals surface area contributed by atoms with Gasteiger partial charge in [0.05, 0.1) is 6.61 Å². The Hall–Kier alpha value is -1.57. The van der Waals surface area contributed by atoms with Crippen molar-refractivity contribution in [2.45, 2.75) is 40.0 Å². The molecule has 0 heterocycles. The van der Waals surface area contributed by atoms with Crippen molar-refractivity contribution >= 4 is 11.4 Å². The molecule has 2 nitrogen and oxygen atoms in total. The van der Waals surface area contributed by atoms with E-state index in [0.717, 1.165) is 36.3 Å². The molecule has 0 saturated carbocycles. The van der Waals surface area contributed by atoms with Crippen molar-refractivity contribution in [1.82, 2.24) is 0 Å². The summed E-state index contributed by atoms with van der Waals surface area (Å²) in [6.07, 6.45) is 4.70. The molecule has 0 atom stereocenters. The molecule has 1 rings (SSSR count). The normalized spacial score (nSPS) is 11.4. The quantitative estimate of drug-likeness (QED) is 0.672. The molecule has 0 bridgehead atoms. The van der Waals surface area contributed by atoms with E-state index in [1.54, 1.807) is 6.92 Å². The molecular formula is C16H22O2. The van der Waals surface area contributed by atoms with Crippen molar-refractivity contribution in [2.75, 3.05) is 6.61 Å². The first-order chi connectivity index (χ1) is 8.67. The summed E-state index contributed by atoms with van der Waals surface area (Å²) in [7, 11) is 0. The highest BCUT2D eigenvalue weighted by Gasteiger charge is 2.04. The standard InChI is InChI=1S/C16H22O2/c1-4-6-11-18-16-9-7-15(8-10-16)14(5-2)12-13(3)17/h5,7-10H,4,6,11-12H2,1-3H3. The highest BCUT2D eigenvalue weighted by Crippen LogP contribution is 2.21. The highest BCUT2D eigenvalue weighted by atomic mass is 16.5. The smallest absolute Gasteiger partial charge is 0.134 e. The van der Waals surface area contributed by atoms with Gasteiger partial charge in [-0.05, 0) is 43.5 Å². The van der Waals surface area contributed by atoms with Crippen LogP contribution in [0.3, 0.4) is 0 Å². The van der Waals surface area contributed by atoms with Gasteiger partial charge in [0.2, 0.25) is 0 Å². The summed E-state index contributed by atoms with van der Waals surface area (Å²) in [5.74, 6) is 1.08. The first kappa shape index (κ1) is 14.5. The second kappa shape index (κ2) is 7.70. The summed E-state index contributed by atoms with van der Waals surface area (Å²) in [4.78, 5) is 11.2. The number of allylic oxidation sites excluding steroid dienone is 2. The molecule has 0 radical (unpaired) electrons. The van der Waals surface area contributed by atoms with Crippen LogP contribution in [0.2, 0.25) is 0 Å². The maximum Gasteiger partial charge on any atom is 0.134 e. The lowest BCUT2D eigenvalue weighted by Crippen LogP contribution is -1.97. The van der Waals surface area contributed by atoms with Gasteiger partial charge in [0, 0.05) is 6.42 Å². The molecule has 2 heteroatoms. The first-order valence-corrected chi connectivity index (χ1v) is 6.55. The Morgan fingerprint density at radius 3 is 2.44 bits per heavy atom. The Labute approximate surface area is 110 Å². The largest absolute Gasteiger partial charge is 0.494 e. The fourth-order valence-electron chi connectivity index (χ4n) is 1.74. The lowest BCUT2D eigenvalue weighted by atomic mass is 10.0. The van der Waals surface area contributed by atoms with Crippen LogP contribution >= 0.6 is 0 Å². The fraction of sp³-hybridized carbons (Fsp3) is 0.438. The van der Waals surface area contributed by atoms with Gasteiger partial charge in [-0.1, -0.05) is 31.6 Å². The zero-order chi connectivity index (χ0) is 13.4. The molecular weight excluding hydrogens is 224 g/mol. The van der Waals surface area contributed by atoms with Crippen LogP contribution in [0.1, 0.15) is 45.6 Å². The average Bonchev–Trinajstić information content (AvgIpc) is 2.37. The summed E-state index contributed by atoms with van der Waals surface area (Å²) in [6.45, 7) is 6.49. The second-order valence-corrected chi connectivity index (χ2v) is 4.42. The van der Waals surface area contributed by atoms with Gasteiger partial charge in [-0.2, -0.15) is 0 Å². The number of unbranched alkanes of at least 4 members (excludes halogenated alkanes) is 1. The van der Waals surface area contributed by atoms with E-state index in [2.05, 4.69) is 6.92 Å². The minimum atomic E-state index is 0.186. The highest BCUT2D eigenvalue weighted by molar-refractivity contribution is 5.88. The molecule has 1 aromatic rings. The van der Waals surface area contributed by atoms with Gasteiger partial charge in [0.1, 0.15) is 11.5 Å². The number of hydrogen-bond acceptors (Lipinski definition) is 2. The summed E-state index contributed by atoms with van der Waals surface area (Å²) in [5, 5.41) is 0. The monoisotopic (exact) mass is 246 g/mol. The van der Waals surface area contributed by atoms with Crippen LogP contribution in [0.15, 0.2) is 30.3 Å². The Balaban J connectivity index is 2.66. The minimum Gasteiger partial charge on any atom is -0.494 e. The van der Waals surface area contributed by atoms with Crippen molar-refractivity contribution in [3.8, 4) is 5.75 Å². The minimum absolute atomic E-state index is 0.186. The number of rotatable bonds is 7. The maximum atomic E-state index is 11.2. The molecule has 98 valence electrons. The maximum absolute atomic E-state index is 11.2. The van der Waals surface area contributed by atoms with Crippen LogP contribution in [0, 0.1) is 0 Å². The van der Waals surface area contributed by atoms with E-state index in [1.807, 2.05) is 37.3 Å². The topological polar surface area (TPSA) is 26.3 Å². The molecule has 18 heavy (non-hydrogen) atoms. The zero-order valence-corrected chi connectivity index (χ0v) is 11.5. The predicted molar refractivity (Wildman–Crippen MR) is 75.8 cm³/mol. The van der Waals surface area contributed by atoms with Crippen LogP contribution < -0.4 is 4.74 Å². The van der Waals surface area contributed by atoms with Gasteiger partial charge in [-0.25, -0.2) is 0 Å². The Morgan fingerprint density at radius 2 is 1.94 bits per heavy atom. The number of ketones is 1. The SMILES string of the molecule is CC=C(CC(C)=O)c1ccc(OCCCC)cc1. The molecule has 0 aliphatic rings. The van der Waals surface area contributed by atoms with Gasteiger partial charge in [0.15, 0.2) is 0 Å². The summed E-state index contributed by atoms with van der Waals surface area (Å²) < 4.78 is 5.61. The molecule has 0 aliphatic heterocycles. The average molecular weight is 246 g/mol. The van der Waals surface area contributed by atoms with E-state index in [1.165, 1.54) is 0 Å².